The maximum absolute atomic E-state index is 12.3. The Kier molecular flexibility index (Phi) is 6.13. The first-order chi connectivity index (χ1) is 14.1. The highest BCUT2D eigenvalue weighted by Crippen LogP contribution is 2.30. The average molecular weight is 436 g/mol. The molecule has 0 aliphatic rings. The first kappa shape index (κ1) is 21.4. The van der Waals surface area contributed by atoms with Crippen molar-refractivity contribution in [3.8, 4) is 17.0 Å². The Balaban J connectivity index is 1.90. The third-order valence-electron chi connectivity index (χ3n) is 3.85. The van der Waals surface area contributed by atoms with Crippen molar-refractivity contribution >= 4 is 28.7 Å². The molecule has 30 heavy (non-hydrogen) atoms. The minimum atomic E-state index is -4.80. The Labute approximate surface area is 172 Å². The number of carbonyl (C=O) groups excluding carboxylic acids is 1. The predicted molar refractivity (Wildman–Crippen MR) is 105 cm³/mol. The highest BCUT2D eigenvalue weighted by molar-refractivity contribution is 7.90. The number of hydrogen-bond donors (Lipinski definition) is 2. The van der Waals surface area contributed by atoms with Crippen LogP contribution in [0.3, 0.4) is 0 Å². The van der Waals surface area contributed by atoms with Crippen LogP contribution in [0.2, 0.25) is 0 Å². The van der Waals surface area contributed by atoms with Gasteiger partial charge >= 0.3 is 6.36 Å². The van der Waals surface area contributed by atoms with Crippen molar-refractivity contribution in [2.45, 2.75) is 11.3 Å². The Morgan fingerprint density at radius 2 is 1.77 bits per heavy atom. The van der Waals surface area contributed by atoms with Crippen LogP contribution in [-0.4, -0.2) is 33.0 Å². The third-order valence-corrected chi connectivity index (χ3v) is 4.77. The quantitative estimate of drug-likeness (QED) is 0.571. The third kappa shape index (κ3) is 5.39. The maximum atomic E-state index is 12.3. The van der Waals surface area contributed by atoms with E-state index >= 15 is 0 Å². The number of nitrogens with zero attached hydrogens (tertiary/aromatic N) is 2. The number of rotatable bonds is 6. The Morgan fingerprint density at radius 3 is 2.30 bits per heavy atom. The second-order valence-electron chi connectivity index (χ2n) is 6.00. The number of hydrogen-bond acceptors (Lipinski definition) is 6. The first-order valence-corrected chi connectivity index (χ1v) is 9.92. The average Bonchev–Trinajstić information content (AvgIpc) is 2.67. The van der Waals surface area contributed by atoms with E-state index < -0.39 is 23.4 Å². The first-order valence-electron chi connectivity index (χ1n) is 8.36. The highest BCUT2D eigenvalue weighted by atomic mass is 32.2. The molecule has 0 radical (unpaired) electrons. The van der Waals surface area contributed by atoms with Gasteiger partial charge in [0.15, 0.2) is 4.90 Å². The summed E-state index contributed by atoms with van der Waals surface area (Å²) in [6, 6.07) is 11.3. The van der Waals surface area contributed by atoms with Crippen LogP contribution in [0.25, 0.3) is 11.3 Å². The number of benzene rings is 2. The number of nitrogens with two attached hydrogens (primary N) is 1. The van der Waals surface area contributed by atoms with E-state index in [-0.39, 0.29) is 11.7 Å². The van der Waals surface area contributed by atoms with E-state index in [1.807, 2.05) is 0 Å². The van der Waals surface area contributed by atoms with Gasteiger partial charge in [0, 0.05) is 16.8 Å². The molecule has 156 valence electrons. The molecular formula is C19H15F3N4O3S. The summed E-state index contributed by atoms with van der Waals surface area (Å²) in [6.45, 7) is 0. The number of ether oxygens (including phenoxy) is 1. The number of nitrogens with one attached hydrogen (secondary N) is 1. The highest BCUT2D eigenvalue weighted by Gasteiger charge is 2.31. The molecule has 3 rings (SSSR count). The fraction of sp³-hybridized carbons (Fsp3) is 0.105. The minimum Gasteiger partial charge on any atom is -0.612 e. The van der Waals surface area contributed by atoms with Crippen LogP contribution in [0.15, 0.2) is 59.6 Å². The summed E-state index contributed by atoms with van der Waals surface area (Å²) >= 11 is -1.44. The van der Waals surface area contributed by atoms with Crippen molar-refractivity contribution < 1.29 is 27.3 Å². The molecule has 11 heteroatoms. The molecule has 0 spiro atoms. The van der Waals surface area contributed by atoms with Crippen molar-refractivity contribution in [1.82, 2.24) is 9.97 Å². The molecule has 1 amide bonds. The number of halogens is 3. The fourth-order valence-electron chi connectivity index (χ4n) is 2.51. The van der Waals surface area contributed by atoms with Crippen molar-refractivity contribution in [1.29, 1.82) is 0 Å². The lowest BCUT2D eigenvalue weighted by atomic mass is 10.1. The molecule has 0 aliphatic carbocycles. The van der Waals surface area contributed by atoms with Crippen LogP contribution < -0.4 is 15.8 Å². The number of alkyl halides is 3. The van der Waals surface area contributed by atoms with Gasteiger partial charge in [0.05, 0.1) is 6.20 Å². The fourth-order valence-corrected chi connectivity index (χ4v) is 3.15. The van der Waals surface area contributed by atoms with Crippen molar-refractivity contribution in [3.05, 3.63) is 60.3 Å². The summed E-state index contributed by atoms with van der Waals surface area (Å²) in [7, 11) is 0. The van der Waals surface area contributed by atoms with Crippen LogP contribution in [0.1, 0.15) is 10.4 Å². The van der Waals surface area contributed by atoms with E-state index in [0.29, 0.717) is 27.4 Å². The molecule has 1 unspecified atom stereocenters. The van der Waals surface area contributed by atoms with Crippen LogP contribution in [0, 0.1) is 0 Å². The second-order valence-corrected chi connectivity index (χ2v) is 7.35. The van der Waals surface area contributed by atoms with Gasteiger partial charge in [0.1, 0.15) is 17.7 Å². The molecular weight excluding hydrogens is 421 g/mol. The molecule has 7 nitrogen and oxygen atoms in total. The summed E-state index contributed by atoms with van der Waals surface area (Å²) < 4.78 is 53.0. The zero-order valence-corrected chi connectivity index (χ0v) is 16.3. The summed E-state index contributed by atoms with van der Waals surface area (Å²) in [5.74, 6) is -0.776. The largest absolute Gasteiger partial charge is 0.612 e. The summed E-state index contributed by atoms with van der Waals surface area (Å²) in [6.07, 6.45) is -1.98. The molecule has 1 aromatic heterocycles. The number of amides is 1. The topological polar surface area (TPSA) is 113 Å². The van der Waals surface area contributed by atoms with Gasteiger partial charge in [-0.05, 0) is 59.7 Å². The standard InChI is InChI=1S/C19H15F3N4O3S/c1-30(28)15-10-24-18(25-13-6-2-12(3-7-13)17(23)27)26-16(15)11-4-8-14(9-5-11)29-19(20,21)22/h2-10H,1H3,(H2,23,27)(H,24,25,26). The lowest BCUT2D eigenvalue weighted by Crippen LogP contribution is -2.17. The van der Waals surface area contributed by atoms with Gasteiger partial charge < -0.3 is 20.3 Å². The number of aromatic nitrogens is 2. The van der Waals surface area contributed by atoms with E-state index in [4.69, 9.17) is 5.73 Å². The zero-order chi connectivity index (χ0) is 21.9. The van der Waals surface area contributed by atoms with Crippen molar-refractivity contribution in [2.24, 2.45) is 5.73 Å². The molecule has 0 saturated heterocycles. The van der Waals surface area contributed by atoms with Crippen LogP contribution in [-0.2, 0) is 11.2 Å². The number of anilines is 2. The van der Waals surface area contributed by atoms with Crippen LogP contribution >= 0.6 is 0 Å². The Hall–Kier alpha value is -3.31. The smallest absolute Gasteiger partial charge is 0.573 e. The van der Waals surface area contributed by atoms with E-state index in [2.05, 4.69) is 20.0 Å². The van der Waals surface area contributed by atoms with Crippen molar-refractivity contribution in [2.75, 3.05) is 11.6 Å². The lowest BCUT2D eigenvalue weighted by Gasteiger charge is -2.13. The zero-order valence-electron chi connectivity index (χ0n) is 15.4. The molecule has 0 aliphatic heterocycles. The molecule has 2 aromatic carbocycles. The summed E-state index contributed by atoms with van der Waals surface area (Å²) in [5, 5.41) is 2.94. The molecule has 0 saturated carbocycles. The molecule has 1 heterocycles. The van der Waals surface area contributed by atoms with Gasteiger partial charge in [0.25, 0.3) is 0 Å². The molecule has 0 fully saturated rings. The molecule has 1 atom stereocenters. The van der Waals surface area contributed by atoms with Crippen LogP contribution in [0.4, 0.5) is 24.8 Å². The lowest BCUT2D eigenvalue weighted by molar-refractivity contribution is -0.274. The van der Waals surface area contributed by atoms with Gasteiger partial charge in [-0.2, -0.15) is 0 Å². The van der Waals surface area contributed by atoms with Gasteiger partial charge in [0.2, 0.25) is 11.9 Å². The predicted octanol–water partition coefficient (Wildman–Crippen LogP) is 3.62. The summed E-state index contributed by atoms with van der Waals surface area (Å²) in [5.41, 5.74) is 6.84. The summed E-state index contributed by atoms with van der Waals surface area (Å²) in [4.78, 5) is 19.9. The second kappa shape index (κ2) is 8.59. The number of primary amides is 1. The Morgan fingerprint density at radius 1 is 1.13 bits per heavy atom. The normalized spacial score (nSPS) is 12.3. The molecule has 0 bridgehead atoms. The minimum absolute atomic E-state index is 0.168. The SMILES string of the molecule is C[S+]([O-])c1cnc(Nc2ccc(C(N)=O)cc2)nc1-c1ccc(OC(F)(F)F)cc1. The van der Waals surface area contributed by atoms with Gasteiger partial charge in [-0.25, -0.2) is 9.97 Å². The maximum Gasteiger partial charge on any atom is 0.573 e. The van der Waals surface area contributed by atoms with Gasteiger partial charge in [-0.15, -0.1) is 13.2 Å². The van der Waals surface area contributed by atoms with Gasteiger partial charge in [-0.3, -0.25) is 4.79 Å². The van der Waals surface area contributed by atoms with E-state index in [9.17, 15) is 22.5 Å². The van der Waals surface area contributed by atoms with E-state index in [1.54, 1.807) is 12.1 Å². The molecule has 3 aromatic rings. The van der Waals surface area contributed by atoms with Crippen molar-refractivity contribution in [3.63, 3.8) is 0 Å². The van der Waals surface area contributed by atoms with E-state index in [0.717, 1.165) is 12.1 Å². The van der Waals surface area contributed by atoms with Gasteiger partial charge in [-0.1, -0.05) is 0 Å². The van der Waals surface area contributed by atoms with E-state index in [1.165, 1.54) is 36.7 Å². The number of carbonyl (C=O) groups is 1. The monoisotopic (exact) mass is 436 g/mol. The molecule has 3 N–H and O–H groups in total. The Bertz CT molecular complexity index is 1040. The van der Waals surface area contributed by atoms with Crippen LogP contribution in [0.5, 0.6) is 5.75 Å².